The van der Waals surface area contributed by atoms with E-state index in [1.807, 2.05) is 0 Å². The third-order valence-corrected chi connectivity index (χ3v) is 19.0. The molecule has 3 N–H and O–H groups in total. The van der Waals surface area contributed by atoms with Crippen molar-refractivity contribution in [2.45, 2.75) is 393 Å². The lowest BCUT2D eigenvalue weighted by molar-refractivity contribution is -0.161. The topological polar surface area (TPSA) is 237 Å². The molecule has 6 atom stereocenters. The molecule has 17 nitrogen and oxygen atoms in total. The fourth-order valence-corrected chi connectivity index (χ4v) is 12.5. The van der Waals surface area contributed by atoms with Gasteiger partial charge in [-0.15, -0.1) is 0 Å². The summed E-state index contributed by atoms with van der Waals surface area (Å²) in [4.78, 5) is 72.4. The zero-order valence-electron chi connectivity index (χ0n) is 59.0. The molecular weight excluding hydrogens is 1200 g/mol. The van der Waals surface area contributed by atoms with Gasteiger partial charge in [-0.1, -0.05) is 324 Å². The molecule has 3 unspecified atom stereocenters. The second-order valence-electron chi connectivity index (χ2n) is 26.2. The summed E-state index contributed by atoms with van der Waals surface area (Å²) in [6.07, 6.45) is 53.1. The number of esters is 4. The van der Waals surface area contributed by atoms with Crippen LogP contribution in [0.3, 0.4) is 0 Å². The van der Waals surface area contributed by atoms with E-state index >= 15 is 0 Å². The van der Waals surface area contributed by atoms with Crippen molar-refractivity contribution in [1.29, 1.82) is 0 Å². The molecule has 0 radical (unpaired) electrons. The zero-order valence-corrected chi connectivity index (χ0v) is 60.8. The standard InChI is InChI=1S/C72H140O17P2/c1-6-10-13-16-18-20-22-24-26-28-29-31-33-35-37-42-47-52-57-71(76)89-68(62-83-70(75)56-51-46-41-36-34-32-30-27-25-23-21-19-17-14-11-7-2)64-87-91(80,81)85-60-66(73)59-84-90(78,79)86-63-67(61-82-69(74)55-50-44-15-12-8-3)88-72(77)58-53-48-43-39-38-40-45-49-54-65(5)9-4/h65-68,73H,6-64H2,1-5H3,(H,78,79)(H,80,81)/t65?,66-,67+,68+/m0/s1. The van der Waals surface area contributed by atoms with Gasteiger partial charge in [0.05, 0.1) is 26.4 Å². The molecule has 0 bridgehead atoms. The van der Waals surface area contributed by atoms with E-state index in [1.165, 1.54) is 193 Å². The summed E-state index contributed by atoms with van der Waals surface area (Å²) in [5.74, 6) is -1.36. The normalized spacial score (nSPS) is 14.3. The molecule has 0 aliphatic heterocycles. The van der Waals surface area contributed by atoms with Crippen LogP contribution < -0.4 is 0 Å². The van der Waals surface area contributed by atoms with E-state index in [9.17, 15) is 43.2 Å². The molecule has 0 saturated carbocycles. The quantitative estimate of drug-likeness (QED) is 0.0222. The third-order valence-electron chi connectivity index (χ3n) is 17.1. The molecule has 0 aliphatic rings. The minimum atomic E-state index is -4.95. The summed E-state index contributed by atoms with van der Waals surface area (Å²) in [7, 11) is -9.89. The Balaban J connectivity index is 5.15. The van der Waals surface area contributed by atoms with Crippen LogP contribution in [0.1, 0.15) is 375 Å². The van der Waals surface area contributed by atoms with Crippen LogP contribution in [-0.4, -0.2) is 96.7 Å². The summed E-state index contributed by atoms with van der Waals surface area (Å²) in [6, 6.07) is 0. The Morgan fingerprint density at radius 1 is 0.308 bits per heavy atom. The fraction of sp³-hybridized carbons (Fsp3) is 0.944. The van der Waals surface area contributed by atoms with Gasteiger partial charge in [0, 0.05) is 25.7 Å². The molecule has 0 aromatic heterocycles. The minimum absolute atomic E-state index is 0.104. The van der Waals surface area contributed by atoms with Crippen LogP contribution in [0.2, 0.25) is 0 Å². The number of phosphoric ester groups is 2. The third kappa shape index (κ3) is 65.1. The molecule has 19 heteroatoms. The Morgan fingerprint density at radius 2 is 0.527 bits per heavy atom. The first-order valence-electron chi connectivity index (χ1n) is 37.7. The molecule has 0 saturated heterocycles. The first-order chi connectivity index (χ1) is 44.1. The van der Waals surface area contributed by atoms with Crippen molar-refractivity contribution in [3.8, 4) is 0 Å². The van der Waals surface area contributed by atoms with Gasteiger partial charge in [-0.25, -0.2) is 9.13 Å². The number of carbonyl (C=O) groups is 4. The smallest absolute Gasteiger partial charge is 0.462 e. The Bertz CT molecular complexity index is 1760. The molecule has 0 heterocycles. The molecule has 0 aromatic carbocycles. The number of ether oxygens (including phenoxy) is 4. The van der Waals surface area contributed by atoms with E-state index in [4.69, 9.17) is 37.0 Å². The van der Waals surface area contributed by atoms with E-state index in [0.717, 1.165) is 102 Å². The predicted molar refractivity (Wildman–Crippen MR) is 368 cm³/mol. The highest BCUT2D eigenvalue weighted by Gasteiger charge is 2.30. The van der Waals surface area contributed by atoms with Crippen LogP contribution in [0.15, 0.2) is 0 Å². The molecule has 0 aliphatic carbocycles. The fourth-order valence-electron chi connectivity index (χ4n) is 11.0. The zero-order chi connectivity index (χ0) is 67.0. The average Bonchev–Trinajstić information content (AvgIpc) is 3.73. The summed E-state index contributed by atoms with van der Waals surface area (Å²) >= 11 is 0. The first kappa shape index (κ1) is 89.1. The SMILES string of the molecule is CCCCCCCCCCCCCCCCCCCCC(=O)O[C@H](COC(=O)CCCCCCCCCCCCCCCCCC)COP(=O)(O)OC[C@@H](O)COP(=O)(O)OC[C@@H](COC(=O)CCCCCCC)OC(=O)CCCCCCCCCCC(C)CC. The lowest BCUT2D eigenvalue weighted by atomic mass is 9.99. The highest BCUT2D eigenvalue weighted by Crippen LogP contribution is 2.45. The van der Waals surface area contributed by atoms with Gasteiger partial charge in [0.15, 0.2) is 12.2 Å². The Kier molecular flexibility index (Phi) is 64.0. The van der Waals surface area contributed by atoms with Crippen LogP contribution in [-0.2, 0) is 65.4 Å². The lowest BCUT2D eigenvalue weighted by Gasteiger charge is -2.21. The highest BCUT2D eigenvalue weighted by atomic mass is 31.2. The van der Waals surface area contributed by atoms with Crippen molar-refractivity contribution in [3.63, 3.8) is 0 Å². The number of unbranched alkanes of at least 4 members (excludes halogenated alkanes) is 43. The van der Waals surface area contributed by atoms with E-state index in [1.54, 1.807) is 0 Å². The average molecular weight is 1340 g/mol. The molecule has 540 valence electrons. The van der Waals surface area contributed by atoms with E-state index < -0.39 is 97.5 Å². The van der Waals surface area contributed by atoms with Gasteiger partial charge >= 0.3 is 39.5 Å². The maximum atomic E-state index is 13.0. The first-order valence-corrected chi connectivity index (χ1v) is 40.7. The van der Waals surface area contributed by atoms with Crippen molar-refractivity contribution in [1.82, 2.24) is 0 Å². The number of aliphatic hydroxyl groups is 1. The number of rotatable bonds is 72. The lowest BCUT2D eigenvalue weighted by Crippen LogP contribution is -2.30. The van der Waals surface area contributed by atoms with Gasteiger partial charge in [0.1, 0.15) is 19.3 Å². The van der Waals surface area contributed by atoms with Crippen molar-refractivity contribution in [3.05, 3.63) is 0 Å². The van der Waals surface area contributed by atoms with Gasteiger partial charge in [0.25, 0.3) is 0 Å². The number of hydrogen-bond acceptors (Lipinski definition) is 15. The molecule has 0 spiro atoms. The summed E-state index contributed by atoms with van der Waals surface area (Å²) in [6.45, 7) is 7.17. The van der Waals surface area contributed by atoms with Crippen LogP contribution >= 0.6 is 15.6 Å². The van der Waals surface area contributed by atoms with Crippen molar-refractivity contribution >= 4 is 39.5 Å². The van der Waals surface area contributed by atoms with Crippen molar-refractivity contribution in [2.75, 3.05) is 39.6 Å². The van der Waals surface area contributed by atoms with Crippen molar-refractivity contribution < 1.29 is 80.2 Å². The summed E-state index contributed by atoms with van der Waals surface area (Å²) in [5, 5.41) is 10.6. The van der Waals surface area contributed by atoms with Crippen LogP contribution in [0.4, 0.5) is 0 Å². The minimum Gasteiger partial charge on any atom is -0.462 e. The molecule has 0 aromatic rings. The van der Waals surface area contributed by atoms with Crippen LogP contribution in [0.25, 0.3) is 0 Å². The van der Waals surface area contributed by atoms with Gasteiger partial charge < -0.3 is 33.8 Å². The molecule has 0 fully saturated rings. The van der Waals surface area contributed by atoms with Gasteiger partial charge in [-0.3, -0.25) is 37.3 Å². The second-order valence-corrected chi connectivity index (χ2v) is 29.1. The maximum absolute atomic E-state index is 13.0. The number of phosphoric acid groups is 2. The number of aliphatic hydroxyl groups excluding tert-OH is 1. The Hall–Kier alpha value is -1.94. The van der Waals surface area contributed by atoms with Crippen LogP contribution in [0.5, 0.6) is 0 Å². The van der Waals surface area contributed by atoms with E-state index in [0.29, 0.717) is 25.7 Å². The molecule has 0 amide bonds. The monoisotopic (exact) mass is 1340 g/mol. The highest BCUT2D eigenvalue weighted by molar-refractivity contribution is 7.47. The summed E-state index contributed by atoms with van der Waals surface area (Å²) < 4.78 is 68.2. The molecular formula is C72H140O17P2. The predicted octanol–water partition coefficient (Wildman–Crippen LogP) is 20.9. The Morgan fingerprint density at radius 3 is 0.780 bits per heavy atom. The Labute approximate surface area is 556 Å². The molecule has 0 rings (SSSR count). The van der Waals surface area contributed by atoms with Gasteiger partial charge in [-0.05, 0) is 31.6 Å². The number of carbonyl (C=O) groups excluding carboxylic acids is 4. The van der Waals surface area contributed by atoms with Crippen LogP contribution in [0, 0.1) is 5.92 Å². The van der Waals surface area contributed by atoms with Crippen molar-refractivity contribution in [2.24, 2.45) is 5.92 Å². The summed E-state index contributed by atoms with van der Waals surface area (Å²) in [5.41, 5.74) is 0. The second kappa shape index (κ2) is 65.4. The number of hydrogen-bond donors (Lipinski definition) is 3. The largest absolute Gasteiger partial charge is 0.472 e. The van der Waals surface area contributed by atoms with E-state index in [-0.39, 0.29) is 25.7 Å². The van der Waals surface area contributed by atoms with Gasteiger partial charge in [0.2, 0.25) is 0 Å². The van der Waals surface area contributed by atoms with E-state index in [2.05, 4.69) is 34.6 Å². The van der Waals surface area contributed by atoms with Gasteiger partial charge in [-0.2, -0.15) is 0 Å². The molecule has 91 heavy (non-hydrogen) atoms. The maximum Gasteiger partial charge on any atom is 0.472 e.